The first-order valence-electron chi connectivity index (χ1n) is 8.03. The minimum absolute atomic E-state index is 0.679. The summed E-state index contributed by atoms with van der Waals surface area (Å²) in [5.41, 5.74) is 2.99. The number of benzene rings is 1. The fourth-order valence-corrected chi connectivity index (χ4v) is 2.55. The SMILES string of the molecule is CCCOc1ccc(CNc2ccnc3c2cnn3C)cc1OC. The molecule has 0 atom stereocenters. The third-order valence-electron chi connectivity index (χ3n) is 3.81. The standard InChI is InChI=1S/C18H22N4O2/c1-4-9-24-16-6-5-13(10-17(16)23-3)11-20-15-7-8-19-18-14(15)12-21-22(18)2/h5-8,10,12H,4,9,11H2,1-3H3,(H,19,20). The highest BCUT2D eigenvalue weighted by Gasteiger charge is 2.08. The van der Waals surface area contributed by atoms with Crippen molar-refractivity contribution in [2.75, 3.05) is 19.0 Å². The maximum absolute atomic E-state index is 5.69. The first-order chi connectivity index (χ1) is 11.7. The van der Waals surface area contributed by atoms with E-state index in [1.165, 1.54) is 0 Å². The van der Waals surface area contributed by atoms with E-state index in [4.69, 9.17) is 9.47 Å². The number of anilines is 1. The Bertz CT molecular complexity index is 829. The van der Waals surface area contributed by atoms with Crippen molar-refractivity contribution in [3.63, 3.8) is 0 Å². The number of pyridine rings is 1. The Balaban J connectivity index is 1.76. The summed E-state index contributed by atoms with van der Waals surface area (Å²) in [6, 6.07) is 7.96. The first-order valence-corrected chi connectivity index (χ1v) is 8.03. The average Bonchev–Trinajstić information content (AvgIpc) is 3.00. The van der Waals surface area contributed by atoms with Gasteiger partial charge in [0.1, 0.15) is 0 Å². The van der Waals surface area contributed by atoms with E-state index in [1.54, 1.807) is 18.0 Å². The minimum Gasteiger partial charge on any atom is -0.493 e. The van der Waals surface area contributed by atoms with Gasteiger partial charge in [0.25, 0.3) is 0 Å². The summed E-state index contributed by atoms with van der Waals surface area (Å²) in [4.78, 5) is 4.35. The smallest absolute Gasteiger partial charge is 0.161 e. The topological polar surface area (TPSA) is 61.2 Å². The van der Waals surface area contributed by atoms with Crippen LogP contribution in [0.4, 0.5) is 5.69 Å². The summed E-state index contributed by atoms with van der Waals surface area (Å²) in [5.74, 6) is 1.53. The molecule has 3 rings (SSSR count). The van der Waals surface area contributed by atoms with E-state index < -0.39 is 0 Å². The quantitative estimate of drug-likeness (QED) is 0.721. The second kappa shape index (κ2) is 7.21. The maximum atomic E-state index is 5.69. The fourth-order valence-electron chi connectivity index (χ4n) is 2.55. The van der Waals surface area contributed by atoms with Gasteiger partial charge in [0.05, 0.1) is 25.3 Å². The van der Waals surface area contributed by atoms with Crippen LogP contribution in [0.1, 0.15) is 18.9 Å². The Labute approximate surface area is 141 Å². The summed E-state index contributed by atoms with van der Waals surface area (Å²) < 4.78 is 12.9. The molecular weight excluding hydrogens is 304 g/mol. The number of aryl methyl sites for hydroxylation is 1. The van der Waals surface area contributed by atoms with E-state index in [1.807, 2.05) is 37.5 Å². The molecule has 6 heteroatoms. The second-order valence-corrected chi connectivity index (χ2v) is 5.55. The van der Waals surface area contributed by atoms with Crippen LogP contribution in [-0.4, -0.2) is 28.5 Å². The van der Waals surface area contributed by atoms with E-state index in [2.05, 4.69) is 22.3 Å². The molecule has 0 saturated heterocycles. The lowest BCUT2D eigenvalue weighted by atomic mass is 10.2. The van der Waals surface area contributed by atoms with E-state index >= 15 is 0 Å². The van der Waals surface area contributed by atoms with Crippen molar-refractivity contribution < 1.29 is 9.47 Å². The third kappa shape index (κ3) is 3.27. The van der Waals surface area contributed by atoms with E-state index in [-0.39, 0.29) is 0 Å². The van der Waals surface area contributed by atoms with Gasteiger partial charge in [-0.1, -0.05) is 13.0 Å². The molecule has 2 aromatic heterocycles. The van der Waals surface area contributed by atoms with Crippen LogP contribution in [0, 0.1) is 0 Å². The molecule has 0 fully saturated rings. The van der Waals surface area contributed by atoms with Crippen molar-refractivity contribution in [1.29, 1.82) is 0 Å². The van der Waals surface area contributed by atoms with Crippen LogP contribution in [0.5, 0.6) is 11.5 Å². The molecule has 0 aliphatic heterocycles. The molecule has 0 aliphatic rings. The molecule has 0 amide bonds. The number of rotatable bonds is 7. The minimum atomic E-state index is 0.679. The van der Waals surface area contributed by atoms with E-state index in [9.17, 15) is 0 Å². The molecule has 24 heavy (non-hydrogen) atoms. The van der Waals surface area contributed by atoms with Crippen LogP contribution in [0.25, 0.3) is 11.0 Å². The highest BCUT2D eigenvalue weighted by Crippen LogP contribution is 2.29. The lowest BCUT2D eigenvalue weighted by Gasteiger charge is -2.13. The van der Waals surface area contributed by atoms with Gasteiger partial charge in [-0.25, -0.2) is 4.98 Å². The number of ether oxygens (including phenoxy) is 2. The van der Waals surface area contributed by atoms with Crippen LogP contribution in [0.3, 0.4) is 0 Å². The summed E-state index contributed by atoms with van der Waals surface area (Å²) in [6.07, 6.45) is 4.58. The van der Waals surface area contributed by atoms with Gasteiger partial charge in [0.15, 0.2) is 17.1 Å². The highest BCUT2D eigenvalue weighted by molar-refractivity contribution is 5.88. The Kier molecular flexibility index (Phi) is 4.84. The van der Waals surface area contributed by atoms with Crippen LogP contribution >= 0.6 is 0 Å². The number of hydrogen-bond donors (Lipinski definition) is 1. The Morgan fingerprint density at radius 3 is 2.88 bits per heavy atom. The number of fused-ring (bicyclic) bond motifs is 1. The Morgan fingerprint density at radius 1 is 1.21 bits per heavy atom. The van der Waals surface area contributed by atoms with Gasteiger partial charge in [0.2, 0.25) is 0 Å². The van der Waals surface area contributed by atoms with Crippen LogP contribution < -0.4 is 14.8 Å². The molecule has 0 saturated carbocycles. The number of nitrogens with zero attached hydrogens (tertiary/aromatic N) is 3. The molecule has 3 aromatic rings. The average molecular weight is 326 g/mol. The molecule has 0 spiro atoms. The van der Waals surface area contributed by atoms with Gasteiger partial charge in [-0.05, 0) is 30.2 Å². The predicted octanol–water partition coefficient (Wildman–Crippen LogP) is 3.38. The molecule has 0 radical (unpaired) electrons. The van der Waals surface area contributed by atoms with Gasteiger partial charge in [-0.3, -0.25) is 4.68 Å². The van der Waals surface area contributed by atoms with Gasteiger partial charge in [0, 0.05) is 25.5 Å². The van der Waals surface area contributed by atoms with E-state index in [0.717, 1.165) is 40.2 Å². The van der Waals surface area contributed by atoms with Crippen LogP contribution in [-0.2, 0) is 13.6 Å². The van der Waals surface area contributed by atoms with Crippen molar-refractivity contribution in [1.82, 2.24) is 14.8 Å². The van der Waals surface area contributed by atoms with Crippen LogP contribution in [0.2, 0.25) is 0 Å². The molecule has 0 aliphatic carbocycles. The van der Waals surface area contributed by atoms with Crippen molar-refractivity contribution in [2.24, 2.45) is 7.05 Å². The summed E-state index contributed by atoms with van der Waals surface area (Å²) in [7, 11) is 3.55. The Morgan fingerprint density at radius 2 is 2.08 bits per heavy atom. The monoisotopic (exact) mass is 326 g/mol. The molecule has 2 heterocycles. The largest absolute Gasteiger partial charge is 0.493 e. The van der Waals surface area contributed by atoms with Gasteiger partial charge >= 0.3 is 0 Å². The summed E-state index contributed by atoms with van der Waals surface area (Å²) in [5, 5.41) is 8.71. The van der Waals surface area contributed by atoms with Crippen LogP contribution in [0.15, 0.2) is 36.7 Å². The number of nitrogens with one attached hydrogen (secondary N) is 1. The third-order valence-corrected chi connectivity index (χ3v) is 3.81. The number of methoxy groups -OCH3 is 1. The zero-order valence-electron chi connectivity index (χ0n) is 14.2. The second-order valence-electron chi connectivity index (χ2n) is 5.55. The summed E-state index contributed by atoms with van der Waals surface area (Å²) >= 11 is 0. The van der Waals surface area contributed by atoms with Gasteiger partial charge in [-0.2, -0.15) is 5.10 Å². The molecule has 1 N–H and O–H groups in total. The predicted molar refractivity (Wildman–Crippen MR) is 94.6 cm³/mol. The normalized spacial score (nSPS) is 10.8. The van der Waals surface area contributed by atoms with Crippen molar-refractivity contribution >= 4 is 16.7 Å². The molecule has 1 aromatic carbocycles. The molecular formula is C18H22N4O2. The van der Waals surface area contributed by atoms with Crippen molar-refractivity contribution in [2.45, 2.75) is 19.9 Å². The zero-order chi connectivity index (χ0) is 16.9. The lowest BCUT2D eigenvalue weighted by molar-refractivity contribution is 0.294. The molecule has 0 unspecified atom stereocenters. The number of aromatic nitrogens is 3. The van der Waals surface area contributed by atoms with Crippen molar-refractivity contribution in [3.8, 4) is 11.5 Å². The van der Waals surface area contributed by atoms with Crippen molar-refractivity contribution in [3.05, 3.63) is 42.2 Å². The van der Waals surface area contributed by atoms with Gasteiger partial charge in [-0.15, -0.1) is 0 Å². The maximum Gasteiger partial charge on any atom is 0.161 e. The zero-order valence-corrected chi connectivity index (χ0v) is 14.2. The molecule has 6 nitrogen and oxygen atoms in total. The summed E-state index contributed by atoms with van der Waals surface area (Å²) in [6.45, 7) is 3.45. The van der Waals surface area contributed by atoms with Gasteiger partial charge < -0.3 is 14.8 Å². The number of hydrogen-bond acceptors (Lipinski definition) is 5. The Hall–Kier alpha value is -2.76. The highest BCUT2D eigenvalue weighted by atomic mass is 16.5. The van der Waals surface area contributed by atoms with E-state index in [0.29, 0.717) is 13.2 Å². The molecule has 0 bridgehead atoms. The fraction of sp³-hybridized carbons (Fsp3) is 0.333. The lowest BCUT2D eigenvalue weighted by Crippen LogP contribution is -2.02. The molecule has 126 valence electrons. The first kappa shape index (κ1) is 16.1.